The zero-order valence-corrected chi connectivity index (χ0v) is 45.5. The number of benzene rings is 1. The van der Waals surface area contributed by atoms with Crippen LogP contribution in [0.1, 0.15) is 84.0 Å². The molecule has 3 aromatic heterocycles. The summed E-state index contributed by atoms with van der Waals surface area (Å²) in [5.74, 6) is -1.34. The molecule has 1 unspecified atom stereocenters. The summed E-state index contributed by atoms with van der Waals surface area (Å²) in [6, 6.07) is 8.33. The Morgan fingerprint density at radius 2 is 1.91 bits per heavy atom. The van der Waals surface area contributed by atoms with Crippen LogP contribution in [0.3, 0.4) is 0 Å². The van der Waals surface area contributed by atoms with Gasteiger partial charge in [0.1, 0.15) is 33.9 Å². The van der Waals surface area contributed by atoms with Crippen LogP contribution in [0, 0.1) is 11.3 Å². The molecule has 16 nitrogen and oxygen atoms in total. The van der Waals surface area contributed by atoms with Gasteiger partial charge in [-0.05, 0) is 104 Å². The minimum atomic E-state index is -1.15. The van der Waals surface area contributed by atoms with Crippen molar-refractivity contribution in [2.24, 2.45) is 11.3 Å². The maximum Gasteiger partial charge on any atom is 0.259 e. The van der Waals surface area contributed by atoms with Crippen molar-refractivity contribution >= 4 is 72.0 Å². The number of ether oxygens (including phenoxy) is 2. The monoisotopic (exact) mass is 969 g/mol. The Hall–Kier alpha value is -4.93. The fraction of sp³-hybridized carbons (Fsp3) is 0.542. The van der Waals surface area contributed by atoms with E-state index in [1.807, 2.05) is 32.9 Å². The third-order valence-electron chi connectivity index (χ3n) is 13.9. The Balaban J connectivity index is 1.30. The van der Waals surface area contributed by atoms with Crippen LogP contribution in [0.2, 0.25) is 5.04 Å². The molecule has 5 atom stereocenters. The van der Waals surface area contributed by atoms with E-state index in [0.717, 1.165) is 39.0 Å². The average Bonchev–Trinajstić information content (AvgIpc) is 4.03. The first kappa shape index (κ1) is 50.0. The molecule has 0 radical (unpaired) electrons. The minimum absolute atomic E-state index is 0.0295. The molecule has 6 bridgehead atoms. The highest BCUT2D eigenvalue weighted by Gasteiger charge is 2.47. The summed E-state index contributed by atoms with van der Waals surface area (Å²) in [5.41, 5.74) is 7.72. The lowest BCUT2D eigenvalue weighted by atomic mass is 9.84. The summed E-state index contributed by atoms with van der Waals surface area (Å²) in [6.07, 6.45) is 4.91. The number of nitrogens with one attached hydrogen (secondary N) is 2. The third-order valence-corrected chi connectivity index (χ3v) is 16.9. The number of pyridine rings is 1. The van der Waals surface area contributed by atoms with Gasteiger partial charge in [-0.3, -0.25) is 29.2 Å². The van der Waals surface area contributed by atoms with Gasteiger partial charge in [0.05, 0.1) is 46.0 Å². The maximum absolute atomic E-state index is 14.9. The number of aryl methyl sites for hydroxylation is 1. The highest BCUT2D eigenvalue weighted by atomic mass is 32.1. The molecule has 4 amide bonds. The van der Waals surface area contributed by atoms with Crippen LogP contribution < -0.4 is 10.7 Å². The molecule has 2 fully saturated rings. The standard InChI is InChI=1S/C48H67N9O7SSi2/c1-10-37(58)55-21-18-48(67,25-55)44(61)54(8)39(28(3)4)41(59)50-34-23-36-51-42(65-52-36)30-15-16-35-32(22-30)33(40(56(35)11-2)31-14-12-19-49-38(31)29(5)63-9)24-46(6,7)26-64-27-47(45(62)66)17-13-20-57(53-47)43(34)60/h10,12,14-16,19,22,28-29,34,39,53H,1,11,13,17-18,20-21,23-27H2,2-9,66-67H3,(H,50,59)/t29-,34-,39-,47-,48?/m0/s1. The van der Waals surface area contributed by atoms with Crippen LogP contribution in [-0.2, 0) is 52.8 Å². The van der Waals surface area contributed by atoms with Crippen molar-refractivity contribution in [3.63, 3.8) is 0 Å². The number of hydrazine groups is 1. The largest absolute Gasteiger partial charge is 0.378 e. The van der Waals surface area contributed by atoms with Crippen LogP contribution in [0.5, 0.6) is 0 Å². The van der Waals surface area contributed by atoms with Gasteiger partial charge in [-0.1, -0.05) is 34.3 Å². The quantitative estimate of drug-likeness (QED) is 0.167. The van der Waals surface area contributed by atoms with Gasteiger partial charge in [0.25, 0.3) is 5.91 Å². The van der Waals surface area contributed by atoms with Crippen molar-refractivity contribution in [1.29, 1.82) is 0 Å². The van der Waals surface area contributed by atoms with Gasteiger partial charge in [0, 0.05) is 85.2 Å². The van der Waals surface area contributed by atoms with Gasteiger partial charge >= 0.3 is 0 Å². The number of aromatic nitrogens is 4. The summed E-state index contributed by atoms with van der Waals surface area (Å²) < 4.78 is 19.5. The van der Waals surface area contributed by atoms with E-state index < -0.39 is 39.9 Å². The van der Waals surface area contributed by atoms with Crippen molar-refractivity contribution in [1.82, 2.24) is 44.5 Å². The molecule has 1 aromatic carbocycles. The molecule has 0 spiro atoms. The number of rotatable bonds is 11. The van der Waals surface area contributed by atoms with E-state index in [-0.39, 0.29) is 59.1 Å². The second-order valence-corrected chi connectivity index (χ2v) is 23.5. The predicted octanol–water partition coefficient (Wildman–Crippen LogP) is 2.76. The van der Waals surface area contributed by atoms with Crippen molar-refractivity contribution in [3.05, 3.63) is 66.3 Å². The summed E-state index contributed by atoms with van der Waals surface area (Å²) in [6.45, 7) is 17.9. The number of methoxy groups -OCH3 is 1. The average molecular weight is 970 g/mol. The molecule has 67 heavy (non-hydrogen) atoms. The van der Waals surface area contributed by atoms with Gasteiger partial charge in [-0.15, -0.1) is 0 Å². The lowest BCUT2D eigenvalue weighted by Crippen LogP contribution is -2.68. The Kier molecular flexibility index (Phi) is 14.9. The van der Waals surface area contributed by atoms with Crippen LogP contribution in [-0.4, -0.2) is 148 Å². The van der Waals surface area contributed by atoms with Crippen molar-refractivity contribution < 1.29 is 33.4 Å². The number of hydrogen-bond acceptors (Lipinski definition) is 12. The molecular formula is C48H67N9O7SSi2. The van der Waals surface area contributed by atoms with E-state index in [4.69, 9.17) is 23.8 Å². The van der Waals surface area contributed by atoms with Gasteiger partial charge in [-0.2, -0.15) is 4.37 Å². The second kappa shape index (κ2) is 20.0. The lowest BCUT2D eigenvalue weighted by Gasteiger charge is -2.43. The number of carbonyl (C=O) groups excluding carboxylic acids is 5. The molecule has 7 rings (SSSR count). The minimum Gasteiger partial charge on any atom is -0.378 e. The molecule has 2 saturated heterocycles. The lowest BCUT2D eigenvalue weighted by molar-refractivity contribution is -0.149. The number of likely N-dealkylation sites (N-methyl/N-ethyl adjacent to an activating group) is 1. The first-order valence-electron chi connectivity index (χ1n) is 23.4. The first-order valence-corrected chi connectivity index (χ1v) is 26.2. The van der Waals surface area contributed by atoms with E-state index in [9.17, 15) is 24.0 Å². The SMILES string of the molecule is C=CC(=O)N1CCC([SiH3])(C(=O)N(C)[C@H](C(=O)N[C@H]2Cc3nsc(n3)-c3ccc4c(c3)c(c(-c3cccnc3[C@H](C)OC)n4CC)CC(C)(C)COC[C@]3(C(=O)[SiH3])CCCN(N3)C2=O)C(C)C)C1. The molecule has 0 saturated carbocycles. The molecule has 3 aliphatic heterocycles. The summed E-state index contributed by atoms with van der Waals surface area (Å²) in [4.78, 5) is 83.0. The zero-order valence-electron chi connectivity index (χ0n) is 40.7. The summed E-state index contributed by atoms with van der Waals surface area (Å²) >= 11 is 1.23. The number of amides is 4. The second-order valence-electron chi connectivity index (χ2n) is 20.0. The fourth-order valence-electron chi connectivity index (χ4n) is 10.2. The van der Waals surface area contributed by atoms with Gasteiger partial charge in [-0.25, -0.2) is 10.4 Å². The van der Waals surface area contributed by atoms with Crippen molar-refractivity contribution in [2.45, 2.75) is 109 Å². The molecule has 4 aromatic rings. The van der Waals surface area contributed by atoms with Gasteiger partial charge in [0.15, 0.2) is 0 Å². The molecule has 2 N–H and O–H groups in total. The number of fused-ring (bicyclic) bond motifs is 6. The van der Waals surface area contributed by atoms with Crippen molar-refractivity contribution in [2.75, 3.05) is 47.0 Å². The van der Waals surface area contributed by atoms with E-state index in [1.165, 1.54) is 27.5 Å². The number of nitrogens with zero attached hydrogens (tertiary/aromatic N) is 7. The van der Waals surface area contributed by atoms with Crippen LogP contribution >= 0.6 is 11.5 Å². The zero-order chi connectivity index (χ0) is 48.6. The van der Waals surface area contributed by atoms with Gasteiger partial charge in [0.2, 0.25) is 17.7 Å². The topological polar surface area (TPSA) is 181 Å². The first-order chi connectivity index (χ1) is 31.8. The number of hydrogen-bond donors (Lipinski definition) is 2. The van der Waals surface area contributed by atoms with E-state index >= 15 is 0 Å². The molecule has 6 heterocycles. The Morgan fingerprint density at radius 3 is 2.60 bits per heavy atom. The van der Waals surface area contributed by atoms with Crippen LogP contribution in [0.4, 0.5) is 0 Å². The Morgan fingerprint density at radius 1 is 1.15 bits per heavy atom. The van der Waals surface area contributed by atoms with Crippen LogP contribution in [0.15, 0.2) is 49.2 Å². The molecule has 19 heteroatoms. The maximum atomic E-state index is 14.9. The van der Waals surface area contributed by atoms with E-state index in [0.29, 0.717) is 73.0 Å². The highest BCUT2D eigenvalue weighted by molar-refractivity contribution is 7.09. The van der Waals surface area contributed by atoms with E-state index in [1.54, 1.807) is 25.3 Å². The van der Waals surface area contributed by atoms with Crippen LogP contribution in [0.25, 0.3) is 32.7 Å². The number of carbonyl (C=O) groups is 5. The summed E-state index contributed by atoms with van der Waals surface area (Å²) in [5, 5.41) is 5.40. The predicted molar refractivity (Wildman–Crippen MR) is 266 cm³/mol. The van der Waals surface area contributed by atoms with E-state index in [2.05, 4.69) is 60.9 Å². The molecule has 360 valence electrons. The Bertz CT molecular complexity index is 2560. The Labute approximate surface area is 403 Å². The smallest absolute Gasteiger partial charge is 0.259 e. The van der Waals surface area contributed by atoms with Gasteiger partial charge < -0.3 is 34.0 Å². The summed E-state index contributed by atoms with van der Waals surface area (Å²) in [7, 11) is 4.00. The third kappa shape index (κ3) is 9.99. The normalized spacial score (nSPS) is 23.2. The highest BCUT2D eigenvalue weighted by Crippen LogP contribution is 2.42. The van der Waals surface area contributed by atoms with Crippen molar-refractivity contribution in [3.8, 4) is 21.8 Å². The molecular weight excluding hydrogens is 903 g/mol. The fourth-order valence-corrected chi connectivity index (χ4v) is 12.4. The number of likely N-dealkylation sites (tertiary alicyclic amines) is 1. The molecule has 0 aliphatic carbocycles. The molecule has 3 aliphatic rings.